The van der Waals surface area contributed by atoms with Crippen LogP contribution in [0.1, 0.15) is 10.5 Å². The monoisotopic (exact) mass is 435 g/mol. The molecule has 8 nitrogen and oxygen atoms in total. The number of fused-ring (bicyclic) bond motifs is 1. The molecule has 0 aliphatic carbocycles. The van der Waals surface area contributed by atoms with E-state index < -0.39 is 0 Å². The summed E-state index contributed by atoms with van der Waals surface area (Å²) in [5.74, 6) is 0.850. The van der Waals surface area contributed by atoms with Crippen molar-refractivity contribution in [3.8, 4) is 11.5 Å². The number of halogens is 1. The second-order valence-electron chi connectivity index (χ2n) is 6.98. The largest absolute Gasteiger partial charge is 0.457 e. The van der Waals surface area contributed by atoms with Crippen LogP contribution in [0.4, 0.5) is 16.0 Å². The summed E-state index contributed by atoms with van der Waals surface area (Å²) >= 11 is 0. The minimum absolute atomic E-state index is 0.244. The van der Waals surface area contributed by atoms with E-state index in [1.54, 1.807) is 49.6 Å². The van der Waals surface area contributed by atoms with Crippen molar-refractivity contribution in [2.24, 2.45) is 7.05 Å². The zero-order chi connectivity index (χ0) is 22.5. The number of aromatic nitrogens is 3. The molecule has 2 aromatic carbocycles. The second kappa shape index (κ2) is 9.44. The number of ether oxygens (including phenoxy) is 2. The molecule has 0 fully saturated rings. The van der Waals surface area contributed by atoms with E-state index in [4.69, 9.17) is 9.47 Å². The number of imidazole rings is 1. The first-order valence-corrected chi connectivity index (χ1v) is 9.94. The van der Waals surface area contributed by atoms with Crippen molar-refractivity contribution in [3.63, 3.8) is 0 Å². The van der Waals surface area contributed by atoms with Gasteiger partial charge in [-0.2, -0.15) is 0 Å². The molecule has 0 radical (unpaired) electrons. The number of hydrogen-bond acceptors (Lipinski definition) is 6. The van der Waals surface area contributed by atoms with Crippen molar-refractivity contribution in [1.29, 1.82) is 0 Å². The number of nitrogens with zero attached hydrogens (tertiary/aromatic N) is 3. The van der Waals surface area contributed by atoms with Gasteiger partial charge in [0.1, 0.15) is 23.0 Å². The number of pyridine rings is 1. The Balaban J connectivity index is 1.53. The maximum Gasteiger partial charge on any atom is 0.270 e. The molecule has 0 bridgehead atoms. The van der Waals surface area contributed by atoms with Gasteiger partial charge >= 0.3 is 0 Å². The summed E-state index contributed by atoms with van der Waals surface area (Å²) in [5.41, 5.74) is 2.11. The zero-order valence-electron chi connectivity index (χ0n) is 17.6. The third-order valence-corrected chi connectivity index (χ3v) is 4.76. The van der Waals surface area contributed by atoms with Crippen molar-refractivity contribution < 1.29 is 18.7 Å². The zero-order valence-corrected chi connectivity index (χ0v) is 17.6. The highest BCUT2D eigenvalue weighted by atomic mass is 19.1. The fraction of sp³-hybridized carbons (Fsp3) is 0.174. The molecule has 32 heavy (non-hydrogen) atoms. The van der Waals surface area contributed by atoms with Gasteiger partial charge in [0.05, 0.1) is 23.3 Å². The molecule has 0 saturated heterocycles. The molecule has 0 spiro atoms. The molecule has 0 aliphatic rings. The molecular weight excluding hydrogens is 413 g/mol. The molecule has 0 saturated carbocycles. The maximum atomic E-state index is 14.0. The normalized spacial score (nSPS) is 10.8. The molecule has 4 rings (SSSR count). The van der Waals surface area contributed by atoms with E-state index in [1.807, 2.05) is 17.7 Å². The Kier molecular flexibility index (Phi) is 6.27. The molecule has 2 aromatic heterocycles. The number of carbonyl (C=O) groups excluding carboxylic acids is 1. The first-order chi connectivity index (χ1) is 15.5. The lowest BCUT2D eigenvalue weighted by Gasteiger charge is -2.08. The number of nitrogens with one attached hydrogen (secondary N) is 2. The molecule has 2 heterocycles. The van der Waals surface area contributed by atoms with Crippen LogP contribution in [0.25, 0.3) is 11.0 Å². The third-order valence-electron chi connectivity index (χ3n) is 4.76. The number of aryl methyl sites for hydroxylation is 1. The Bertz CT molecular complexity index is 1260. The van der Waals surface area contributed by atoms with Crippen LogP contribution in [0.2, 0.25) is 0 Å². The average Bonchev–Trinajstić information content (AvgIpc) is 3.10. The molecule has 0 atom stereocenters. The summed E-state index contributed by atoms with van der Waals surface area (Å²) in [7, 11) is 3.41. The summed E-state index contributed by atoms with van der Waals surface area (Å²) in [6.45, 7) is 0.807. The van der Waals surface area contributed by atoms with Gasteiger partial charge in [-0.05, 0) is 30.3 Å². The first-order valence-electron chi connectivity index (χ1n) is 9.94. The van der Waals surface area contributed by atoms with Crippen LogP contribution in [0, 0.1) is 5.82 Å². The number of benzene rings is 2. The smallest absolute Gasteiger partial charge is 0.270 e. The summed E-state index contributed by atoms with van der Waals surface area (Å²) in [6.07, 6.45) is 1.51. The van der Waals surface area contributed by atoms with Crippen LogP contribution in [0.3, 0.4) is 0 Å². The van der Waals surface area contributed by atoms with E-state index in [9.17, 15) is 9.18 Å². The molecule has 2 N–H and O–H groups in total. The van der Waals surface area contributed by atoms with E-state index in [0.717, 1.165) is 5.52 Å². The highest BCUT2D eigenvalue weighted by Crippen LogP contribution is 2.28. The Morgan fingerprint density at radius 2 is 1.94 bits per heavy atom. The minimum Gasteiger partial charge on any atom is -0.457 e. The highest BCUT2D eigenvalue weighted by molar-refractivity contribution is 5.92. The summed E-state index contributed by atoms with van der Waals surface area (Å²) in [5, 5.41) is 5.73. The van der Waals surface area contributed by atoms with Crippen molar-refractivity contribution in [2.45, 2.75) is 0 Å². The van der Waals surface area contributed by atoms with Gasteiger partial charge in [-0.25, -0.2) is 9.37 Å². The summed E-state index contributed by atoms with van der Waals surface area (Å²) in [6, 6.07) is 15.1. The number of carbonyl (C=O) groups is 1. The quantitative estimate of drug-likeness (QED) is 0.406. The van der Waals surface area contributed by atoms with Crippen LogP contribution >= 0.6 is 0 Å². The number of para-hydroxylation sites is 1. The maximum absolute atomic E-state index is 14.0. The van der Waals surface area contributed by atoms with Crippen LogP contribution in [-0.4, -0.2) is 40.7 Å². The molecule has 0 aliphatic heterocycles. The minimum atomic E-state index is -0.358. The van der Waals surface area contributed by atoms with Gasteiger partial charge in [0.15, 0.2) is 0 Å². The molecular formula is C23H22FN5O3. The topological polar surface area (TPSA) is 90.3 Å². The van der Waals surface area contributed by atoms with Crippen molar-refractivity contribution in [1.82, 2.24) is 19.9 Å². The number of hydrogen-bond donors (Lipinski definition) is 2. The summed E-state index contributed by atoms with van der Waals surface area (Å²) < 4.78 is 26.7. The standard InChI is InChI=1S/C23H22FN5O3/c1-29-21-8-7-15(13-19(21)28-23(29)27-18-6-4-3-5-17(18)24)32-16-9-10-25-20(14-16)22(30)26-11-12-31-2/h3-10,13-14H,11-12H2,1-2H3,(H,26,30)(H,27,28). The Morgan fingerprint density at radius 3 is 2.75 bits per heavy atom. The van der Waals surface area contributed by atoms with E-state index in [1.165, 1.54) is 12.3 Å². The van der Waals surface area contributed by atoms with E-state index in [-0.39, 0.29) is 17.4 Å². The van der Waals surface area contributed by atoms with Gasteiger partial charge in [0.2, 0.25) is 5.95 Å². The first kappa shape index (κ1) is 21.3. The third kappa shape index (κ3) is 4.68. The fourth-order valence-electron chi connectivity index (χ4n) is 3.13. The summed E-state index contributed by atoms with van der Waals surface area (Å²) in [4.78, 5) is 20.8. The van der Waals surface area contributed by atoms with E-state index in [2.05, 4.69) is 20.6 Å². The number of amides is 1. The number of rotatable bonds is 8. The van der Waals surface area contributed by atoms with Crippen LogP contribution in [0.5, 0.6) is 11.5 Å². The van der Waals surface area contributed by atoms with Gasteiger partial charge in [-0.15, -0.1) is 0 Å². The van der Waals surface area contributed by atoms with Gasteiger partial charge in [-0.3, -0.25) is 9.78 Å². The highest BCUT2D eigenvalue weighted by Gasteiger charge is 2.12. The molecule has 9 heteroatoms. The lowest BCUT2D eigenvalue weighted by atomic mass is 10.3. The second-order valence-corrected chi connectivity index (χ2v) is 6.98. The predicted molar refractivity (Wildman–Crippen MR) is 119 cm³/mol. The Morgan fingerprint density at radius 1 is 1.12 bits per heavy atom. The predicted octanol–water partition coefficient (Wildman–Crippen LogP) is 4.02. The van der Waals surface area contributed by atoms with Crippen LogP contribution in [0.15, 0.2) is 60.8 Å². The van der Waals surface area contributed by atoms with E-state index in [0.29, 0.717) is 41.8 Å². The molecule has 164 valence electrons. The average molecular weight is 435 g/mol. The molecule has 1 amide bonds. The fourth-order valence-corrected chi connectivity index (χ4v) is 3.13. The van der Waals surface area contributed by atoms with Crippen molar-refractivity contribution in [2.75, 3.05) is 25.6 Å². The SMILES string of the molecule is COCCNC(=O)c1cc(Oc2ccc3c(c2)nc(Nc2ccccc2F)n3C)ccn1. The van der Waals surface area contributed by atoms with Crippen molar-refractivity contribution >= 4 is 28.6 Å². The lowest BCUT2D eigenvalue weighted by molar-refractivity contribution is 0.0932. The number of anilines is 2. The van der Waals surface area contributed by atoms with Crippen LogP contribution in [-0.2, 0) is 11.8 Å². The number of methoxy groups -OCH3 is 1. The van der Waals surface area contributed by atoms with Crippen molar-refractivity contribution in [3.05, 3.63) is 72.3 Å². The molecule has 4 aromatic rings. The Labute approximate surface area is 184 Å². The van der Waals surface area contributed by atoms with E-state index >= 15 is 0 Å². The Hall–Kier alpha value is -3.98. The van der Waals surface area contributed by atoms with Gasteiger partial charge in [-0.1, -0.05) is 12.1 Å². The van der Waals surface area contributed by atoms with Gasteiger partial charge < -0.3 is 24.7 Å². The van der Waals surface area contributed by atoms with Crippen LogP contribution < -0.4 is 15.4 Å². The van der Waals surface area contributed by atoms with Gasteiger partial charge in [0, 0.05) is 39.0 Å². The molecule has 0 unspecified atom stereocenters. The van der Waals surface area contributed by atoms with Gasteiger partial charge in [0.25, 0.3) is 5.91 Å². The lowest BCUT2D eigenvalue weighted by Crippen LogP contribution is -2.27.